The lowest BCUT2D eigenvalue weighted by molar-refractivity contribution is -0.294. The topological polar surface area (TPSA) is 91.1 Å². The monoisotopic (exact) mass is 442 g/mol. The lowest BCUT2D eigenvalue weighted by Gasteiger charge is -2.17. The second kappa shape index (κ2) is 8.14. The van der Waals surface area contributed by atoms with Crippen LogP contribution < -0.4 is 4.74 Å². The van der Waals surface area contributed by atoms with Crippen molar-refractivity contribution >= 4 is 36.9 Å². The van der Waals surface area contributed by atoms with Crippen molar-refractivity contribution in [2.24, 2.45) is 0 Å². The average Bonchev–Trinajstić information content (AvgIpc) is 3.05. The fourth-order valence-electron chi connectivity index (χ4n) is 2.24. The zero-order valence-electron chi connectivity index (χ0n) is 13.7. The summed E-state index contributed by atoms with van der Waals surface area (Å²) in [6.45, 7) is -0.161. The SMILES string of the molecule is CON(OCc1noc2cc(OCBr)ccc12)S(=O)(=O)c1ccccc1. The Kier molecular flexibility index (Phi) is 5.89. The number of hydrogen-bond acceptors (Lipinski definition) is 7. The van der Waals surface area contributed by atoms with Gasteiger partial charge >= 0.3 is 0 Å². The normalized spacial score (nSPS) is 12.0. The molecule has 0 N–H and O–H groups in total. The van der Waals surface area contributed by atoms with Gasteiger partial charge in [0.15, 0.2) is 5.58 Å². The van der Waals surface area contributed by atoms with E-state index in [-0.39, 0.29) is 11.5 Å². The highest BCUT2D eigenvalue weighted by atomic mass is 79.9. The van der Waals surface area contributed by atoms with Gasteiger partial charge in [0.25, 0.3) is 10.0 Å². The molecule has 3 aromatic rings. The number of aromatic nitrogens is 1. The van der Waals surface area contributed by atoms with Gasteiger partial charge in [-0.15, -0.1) is 0 Å². The van der Waals surface area contributed by atoms with Crippen molar-refractivity contribution in [3.05, 3.63) is 54.2 Å². The summed E-state index contributed by atoms with van der Waals surface area (Å²) in [5, 5.41) is 4.59. The molecule has 0 saturated heterocycles. The number of fused-ring (bicyclic) bond motifs is 1. The molecule has 2 aromatic carbocycles. The molecule has 1 heterocycles. The molecular weight excluding hydrogens is 428 g/mol. The number of sulfonamides is 1. The molecule has 8 nitrogen and oxygen atoms in total. The third kappa shape index (κ3) is 3.89. The largest absolute Gasteiger partial charge is 0.482 e. The van der Waals surface area contributed by atoms with Crippen molar-refractivity contribution in [2.75, 3.05) is 12.6 Å². The predicted molar refractivity (Wildman–Crippen MR) is 95.7 cm³/mol. The molecule has 138 valence electrons. The van der Waals surface area contributed by atoms with Crippen LogP contribution in [0.3, 0.4) is 0 Å². The van der Waals surface area contributed by atoms with Crippen molar-refractivity contribution in [2.45, 2.75) is 11.5 Å². The number of halogens is 1. The molecule has 0 aliphatic heterocycles. The molecule has 0 spiro atoms. The predicted octanol–water partition coefficient (Wildman–Crippen LogP) is 3.24. The summed E-state index contributed by atoms with van der Waals surface area (Å²) in [6.07, 6.45) is 0. The lowest BCUT2D eigenvalue weighted by Crippen LogP contribution is -2.30. The van der Waals surface area contributed by atoms with Crippen LogP contribution in [0.4, 0.5) is 0 Å². The van der Waals surface area contributed by atoms with Gasteiger partial charge in [-0.3, -0.25) is 9.68 Å². The van der Waals surface area contributed by atoms with Crippen LogP contribution in [0.15, 0.2) is 57.9 Å². The van der Waals surface area contributed by atoms with Crippen LogP contribution in [0.2, 0.25) is 0 Å². The summed E-state index contributed by atoms with van der Waals surface area (Å²) in [7, 11) is -2.77. The van der Waals surface area contributed by atoms with E-state index in [0.29, 0.717) is 32.6 Å². The minimum absolute atomic E-state index is 0.0448. The summed E-state index contributed by atoms with van der Waals surface area (Å²) < 4.78 is 36.0. The maximum Gasteiger partial charge on any atom is 0.288 e. The van der Waals surface area contributed by atoms with Gasteiger partial charge in [0.1, 0.15) is 23.6 Å². The minimum Gasteiger partial charge on any atom is -0.482 e. The first-order valence-electron chi connectivity index (χ1n) is 7.40. The molecule has 0 aliphatic rings. The molecule has 0 unspecified atom stereocenters. The highest BCUT2D eigenvalue weighted by Crippen LogP contribution is 2.25. The molecule has 0 atom stereocenters. The highest BCUT2D eigenvalue weighted by Gasteiger charge is 2.26. The Balaban J connectivity index is 1.78. The Labute approximate surface area is 158 Å². The Morgan fingerprint density at radius 2 is 1.96 bits per heavy atom. The van der Waals surface area contributed by atoms with E-state index in [1.54, 1.807) is 36.4 Å². The van der Waals surface area contributed by atoms with Crippen LogP contribution >= 0.6 is 15.9 Å². The first-order chi connectivity index (χ1) is 12.6. The standard InChI is InChI=1S/C16H15BrN2O6S/c1-22-19(26(20,21)13-5-3-2-4-6-13)24-10-15-14-8-7-12(23-11-17)9-16(14)25-18-15/h2-9H,10-11H2,1H3. The number of ether oxygens (including phenoxy) is 1. The van der Waals surface area contributed by atoms with Gasteiger partial charge in [0.05, 0.1) is 16.6 Å². The average molecular weight is 443 g/mol. The summed E-state index contributed by atoms with van der Waals surface area (Å²) in [4.78, 5) is 10.2. The lowest BCUT2D eigenvalue weighted by atomic mass is 10.2. The van der Waals surface area contributed by atoms with E-state index in [2.05, 4.69) is 21.1 Å². The van der Waals surface area contributed by atoms with Gasteiger partial charge < -0.3 is 9.26 Å². The van der Waals surface area contributed by atoms with Gasteiger partial charge in [-0.05, 0) is 40.2 Å². The van der Waals surface area contributed by atoms with E-state index >= 15 is 0 Å². The summed E-state index contributed by atoms with van der Waals surface area (Å²) in [5.74, 6) is 0.614. The maximum absolute atomic E-state index is 12.5. The van der Waals surface area contributed by atoms with E-state index in [1.807, 2.05) is 0 Å². The van der Waals surface area contributed by atoms with Crippen molar-refractivity contribution < 1.29 is 27.4 Å². The highest BCUT2D eigenvalue weighted by molar-refractivity contribution is 9.09. The van der Waals surface area contributed by atoms with Crippen LogP contribution in [0.25, 0.3) is 11.0 Å². The van der Waals surface area contributed by atoms with E-state index in [1.165, 1.54) is 19.2 Å². The van der Waals surface area contributed by atoms with Gasteiger partial charge in [-0.2, -0.15) is 0 Å². The molecule has 0 fully saturated rings. The smallest absolute Gasteiger partial charge is 0.288 e. The van der Waals surface area contributed by atoms with E-state index < -0.39 is 10.0 Å². The number of nitrogens with zero attached hydrogens (tertiary/aromatic N) is 2. The second-order valence-electron chi connectivity index (χ2n) is 5.01. The molecule has 10 heteroatoms. The fourth-order valence-corrected chi connectivity index (χ4v) is 3.56. The molecule has 0 aliphatic carbocycles. The molecule has 0 saturated carbocycles. The zero-order valence-corrected chi connectivity index (χ0v) is 16.1. The molecule has 26 heavy (non-hydrogen) atoms. The van der Waals surface area contributed by atoms with Crippen LogP contribution in [0.1, 0.15) is 5.69 Å². The third-order valence-corrected chi connectivity index (χ3v) is 5.18. The van der Waals surface area contributed by atoms with Crippen molar-refractivity contribution in [1.82, 2.24) is 9.79 Å². The summed E-state index contributed by atoms with van der Waals surface area (Å²) in [6, 6.07) is 13.0. The summed E-state index contributed by atoms with van der Waals surface area (Å²) >= 11 is 3.18. The van der Waals surface area contributed by atoms with Gasteiger partial charge in [0.2, 0.25) is 0 Å². The summed E-state index contributed by atoms with van der Waals surface area (Å²) in [5.41, 5.74) is 1.27. The number of alkyl halides is 1. The molecule has 0 amide bonds. The first kappa shape index (κ1) is 18.8. The number of benzene rings is 2. The Hall–Kier alpha value is -1.98. The molecule has 0 radical (unpaired) electrons. The van der Waals surface area contributed by atoms with Crippen LogP contribution in [-0.4, -0.2) is 30.8 Å². The van der Waals surface area contributed by atoms with Crippen LogP contribution in [0, 0.1) is 0 Å². The number of hydrogen-bond donors (Lipinski definition) is 0. The van der Waals surface area contributed by atoms with Crippen LogP contribution in [0.5, 0.6) is 5.75 Å². The maximum atomic E-state index is 12.5. The Morgan fingerprint density at radius 3 is 2.65 bits per heavy atom. The molecular formula is C16H15BrN2O6S. The van der Waals surface area contributed by atoms with Gasteiger partial charge in [0, 0.05) is 11.5 Å². The van der Waals surface area contributed by atoms with E-state index in [0.717, 1.165) is 0 Å². The quantitative estimate of drug-likeness (QED) is 0.390. The van der Waals surface area contributed by atoms with E-state index in [4.69, 9.17) is 18.9 Å². The Morgan fingerprint density at radius 1 is 1.19 bits per heavy atom. The Bertz CT molecular complexity index is 977. The fraction of sp³-hybridized carbons (Fsp3) is 0.188. The molecule has 1 aromatic heterocycles. The van der Waals surface area contributed by atoms with E-state index in [9.17, 15) is 8.42 Å². The second-order valence-corrected chi connectivity index (χ2v) is 7.19. The number of rotatable bonds is 8. The van der Waals surface area contributed by atoms with Crippen molar-refractivity contribution in [3.8, 4) is 5.75 Å². The van der Waals surface area contributed by atoms with Crippen molar-refractivity contribution in [3.63, 3.8) is 0 Å². The van der Waals surface area contributed by atoms with Crippen molar-refractivity contribution in [1.29, 1.82) is 0 Å². The molecule has 0 bridgehead atoms. The minimum atomic E-state index is -3.97. The first-order valence-corrected chi connectivity index (χ1v) is 9.97. The van der Waals surface area contributed by atoms with Gasteiger partial charge in [-0.1, -0.05) is 23.4 Å². The molecule has 3 rings (SSSR count). The third-order valence-electron chi connectivity index (χ3n) is 3.43. The van der Waals surface area contributed by atoms with Crippen LogP contribution in [-0.2, 0) is 26.3 Å². The zero-order chi connectivity index (χ0) is 18.6. The van der Waals surface area contributed by atoms with Gasteiger partial charge in [-0.25, -0.2) is 8.42 Å².